The second-order valence-corrected chi connectivity index (χ2v) is 1.40. The van der Waals surface area contributed by atoms with Gasteiger partial charge in [-0.3, -0.25) is 0 Å². The molecule has 0 saturated heterocycles. The van der Waals surface area contributed by atoms with E-state index in [2.05, 4.69) is 6.92 Å². The van der Waals surface area contributed by atoms with Gasteiger partial charge in [0.05, 0.1) is 0 Å². The van der Waals surface area contributed by atoms with Gasteiger partial charge in [-0.2, -0.15) is 6.42 Å². The summed E-state index contributed by atoms with van der Waals surface area (Å²) in [6.45, 7) is 7.39. The molecule has 0 aromatic rings. The van der Waals surface area contributed by atoms with E-state index in [9.17, 15) is 0 Å². The Morgan fingerprint density at radius 3 is 2.50 bits per heavy atom. The quantitative estimate of drug-likeness (QED) is 0.483. The van der Waals surface area contributed by atoms with Gasteiger partial charge in [-0.1, -0.05) is 6.42 Å². The molecule has 1 nitrogen and oxygen atoms in total. The summed E-state index contributed by atoms with van der Waals surface area (Å²) in [6.07, 6.45) is 2.08. The predicted octanol–water partition coefficient (Wildman–Crippen LogP) is 1.63. The van der Waals surface area contributed by atoms with E-state index in [1.165, 1.54) is 0 Å². The van der Waals surface area contributed by atoms with Gasteiger partial charge in [0.15, 0.2) is 0 Å². The first-order chi connectivity index (χ1) is 3.41. The maximum Gasteiger partial charge on any atom is 0.0441 e. The van der Waals surface area contributed by atoms with Crippen molar-refractivity contribution in [3.8, 4) is 0 Å². The van der Waals surface area contributed by atoms with Crippen LogP contribution >= 0.6 is 0 Å². The minimum atomic E-state index is 0. The third kappa shape index (κ3) is 10.1. The molecule has 0 atom stereocenters. The first-order valence-electron chi connectivity index (χ1n) is 2.78. The summed E-state index contributed by atoms with van der Waals surface area (Å²) in [6, 6.07) is 0. The van der Waals surface area contributed by atoms with Gasteiger partial charge in [-0.05, 0) is 6.92 Å². The first kappa shape index (κ1) is 11.8. The molecule has 0 heterocycles. The summed E-state index contributed by atoms with van der Waals surface area (Å²) < 4.78 is 5.03. The van der Waals surface area contributed by atoms with Crippen molar-refractivity contribution in [3.63, 3.8) is 0 Å². The van der Waals surface area contributed by atoms with Crippen molar-refractivity contribution in [2.45, 2.75) is 19.8 Å². The minimum absolute atomic E-state index is 0. The van der Waals surface area contributed by atoms with Crippen molar-refractivity contribution in [1.82, 2.24) is 0 Å². The van der Waals surface area contributed by atoms with Crippen molar-refractivity contribution in [3.05, 3.63) is 6.92 Å². The molecular formula is C6H13OY-. The monoisotopic (exact) mass is 190 g/mol. The van der Waals surface area contributed by atoms with Crippen LogP contribution < -0.4 is 0 Å². The smallest absolute Gasteiger partial charge is 0.0441 e. The van der Waals surface area contributed by atoms with Crippen LogP contribution in [0.2, 0.25) is 0 Å². The number of hydrogen-bond acceptors (Lipinski definition) is 1. The van der Waals surface area contributed by atoms with Crippen molar-refractivity contribution in [1.29, 1.82) is 0 Å². The van der Waals surface area contributed by atoms with Crippen molar-refractivity contribution < 1.29 is 37.4 Å². The molecule has 1 radical (unpaired) electrons. The SMILES string of the molecule is [CH2-]CCCOCC.[Y]. The third-order valence-corrected chi connectivity index (χ3v) is 0.743. The van der Waals surface area contributed by atoms with Gasteiger partial charge in [0.1, 0.15) is 0 Å². The number of hydrogen-bond donors (Lipinski definition) is 0. The minimum Gasteiger partial charge on any atom is -0.382 e. The van der Waals surface area contributed by atoms with Crippen molar-refractivity contribution in [2.24, 2.45) is 0 Å². The zero-order valence-corrected chi connectivity index (χ0v) is 8.36. The predicted molar refractivity (Wildman–Crippen MR) is 31.1 cm³/mol. The van der Waals surface area contributed by atoms with E-state index in [0.29, 0.717) is 0 Å². The molecule has 47 valence electrons. The molecule has 0 unspecified atom stereocenters. The molecule has 0 aromatic carbocycles. The zero-order valence-electron chi connectivity index (χ0n) is 5.52. The molecule has 0 N–H and O–H groups in total. The molecule has 0 saturated carbocycles. The molecule has 0 bridgehead atoms. The van der Waals surface area contributed by atoms with Gasteiger partial charge in [-0.15, -0.1) is 0 Å². The van der Waals surface area contributed by atoms with Gasteiger partial charge in [0.25, 0.3) is 0 Å². The van der Waals surface area contributed by atoms with Crippen LogP contribution in [-0.2, 0) is 37.4 Å². The van der Waals surface area contributed by atoms with Gasteiger partial charge < -0.3 is 11.7 Å². The van der Waals surface area contributed by atoms with E-state index in [1.54, 1.807) is 0 Å². The molecule has 0 aromatic heterocycles. The molecular weight excluding hydrogens is 177 g/mol. The fourth-order valence-electron chi connectivity index (χ4n) is 0.348. The van der Waals surface area contributed by atoms with Crippen LogP contribution in [0, 0.1) is 6.92 Å². The molecule has 0 fully saturated rings. The fraction of sp³-hybridized carbons (Fsp3) is 0.833. The molecule has 8 heavy (non-hydrogen) atoms. The molecule has 2 heteroatoms. The van der Waals surface area contributed by atoms with E-state index in [1.807, 2.05) is 6.92 Å². The maximum atomic E-state index is 5.03. The molecule has 0 amide bonds. The Kier molecular flexibility index (Phi) is 16.2. The average molecular weight is 190 g/mol. The largest absolute Gasteiger partial charge is 0.382 e. The Balaban J connectivity index is 0. The van der Waals surface area contributed by atoms with Crippen LogP contribution in [0.5, 0.6) is 0 Å². The molecule has 0 aliphatic carbocycles. The molecule has 0 spiro atoms. The average Bonchev–Trinajstić information content (AvgIpc) is 1.69. The summed E-state index contributed by atoms with van der Waals surface area (Å²) in [5.41, 5.74) is 0. The van der Waals surface area contributed by atoms with Gasteiger partial charge in [0, 0.05) is 45.9 Å². The summed E-state index contributed by atoms with van der Waals surface area (Å²) in [5, 5.41) is 0. The standard InChI is InChI=1S/C6H13O.Y/c1-3-5-6-7-4-2;/h1,3-6H2,2H3;/q-1;. The van der Waals surface area contributed by atoms with Crippen LogP contribution in [0.1, 0.15) is 19.8 Å². The van der Waals surface area contributed by atoms with E-state index >= 15 is 0 Å². The van der Waals surface area contributed by atoms with Crippen LogP contribution in [0.4, 0.5) is 0 Å². The third-order valence-electron chi connectivity index (χ3n) is 0.743. The van der Waals surface area contributed by atoms with E-state index < -0.39 is 0 Å². The van der Waals surface area contributed by atoms with E-state index in [0.717, 1.165) is 26.1 Å². The number of unbranched alkanes of at least 4 members (excludes halogenated alkanes) is 1. The molecule has 0 aliphatic rings. The summed E-state index contributed by atoms with van der Waals surface area (Å²) >= 11 is 0. The molecule has 0 aliphatic heterocycles. The zero-order chi connectivity index (χ0) is 5.54. The van der Waals surface area contributed by atoms with Crippen molar-refractivity contribution in [2.75, 3.05) is 13.2 Å². The number of rotatable bonds is 4. The Bertz CT molecular complexity index is 27.7. The molecule has 0 rings (SSSR count). The van der Waals surface area contributed by atoms with Crippen LogP contribution in [-0.4, -0.2) is 13.2 Å². The second kappa shape index (κ2) is 10.9. The normalized spacial score (nSPS) is 8.25. The Hall–Kier alpha value is 1.06. The van der Waals surface area contributed by atoms with E-state index in [-0.39, 0.29) is 32.7 Å². The van der Waals surface area contributed by atoms with Crippen LogP contribution in [0.15, 0.2) is 0 Å². The first-order valence-corrected chi connectivity index (χ1v) is 2.78. The summed E-state index contributed by atoms with van der Waals surface area (Å²) in [5.74, 6) is 0. The fourth-order valence-corrected chi connectivity index (χ4v) is 0.348. The van der Waals surface area contributed by atoms with Gasteiger partial charge in [0.2, 0.25) is 0 Å². The van der Waals surface area contributed by atoms with Crippen LogP contribution in [0.3, 0.4) is 0 Å². The van der Waals surface area contributed by atoms with Gasteiger partial charge in [-0.25, -0.2) is 0 Å². The van der Waals surface area contributed by atoms with Crippen molar-refractivity contribution >= 4 is 0 Å². The van der Waals surface area contributed by atoms with Crippen LogP contribution in [0.25, 0.3) is 0 Å². The number of ether oxygens (including phenoxy) is 1. The Morgan fingerprint density at radius 1 is 1.50 bits per heavy atom. The van der Waals surface area contributed by atoms with Gasteiger partial charge >= 0.3 is 0 Å². The van der Waals surface area contributed by atoms with E-state index in [4.69, 9.17) is 4.74 Å². The second-order valence-electron chi connectivity index (χ2n) is 1.40. The Labute approximate surface area is 77.1 Å². The maximum absolute atomic E-state index is 5.03. The summed E-state index contributed by atoms with van der Waals surface area (Å²) in [7, 11) is 0. The Morgan fingerprint density at radius 2 is 2.12 bits per heavy atom. The summed E-state index contributed by atoms with van der Waals surface area (Å²) in [4.78, 5) is 0. The topological polar surface area (TPSA) is 9.23 Å².